The first-order chi connectivity index (χ1) is 35.0. The zero-order chi connectivity index (χ0) is 51.4. The highest BCUT2D eigenvalue weighted by atomic mass is 16.6. The lowest BCUT2D eigenvalue weighted by Crippen LogP contribution is -2.30. The van der Waals surface area contributed by atoms with E-state index in [4.69, 9.17) is 14.2 Å². The second kappa shape index (κ2) is 57.9. The van der Waals surface area contributed by atoms with Gasteiger partial charge in [-0.3, -0.25) is 14.4 Å². The van der Waals surface area contributed by atoms with Gasteiger partial charge in [0.25, 0.3) is 0 Å². The van der Waals surface area contributed by atoms with Gasteiger partial charge in [0.1, 0.15) is 13.2 Å². The molecule has 0 amide bonds. The van der Waals surface area contributed by atoms with Crippen LogP contribution in [0.1, 0.15) is 226 Å². The third kappa shape index (κ3) is 56.1. The molecular formula is C65H102O6. The molecule has 0 aromatic carbocycles. The van der Waals surface area contributed by atoms with E-state index in [-0.39, 0.29) is 37.5 Å². The molecule has 0 N–H and O–H groups in total. The van der Waals surface area contributed by atoms with E-state index in [1.54, 1.807) is 0 Å². The van der Waals surface area contributed by atoms with E-state index in [1.165, 1.54) is 44.9 Å². The Kier molecular flexibility index (Phi) is 54.0. The average Bonchev–Trinajstić information content (AvgIpc) is 3.37. The van der Waals surface area contributed by atoms with Crippen molar-refractivity contribution in [2.45, 2.75) is 232 Å². The summed E-state index contributed by atoms with van der Waals surface area (Å²) in [5, 5.41) is 0. The summed E-state index contributed by atoms with van der Waals surface area (Å²) < 4.78 is 16.8. The minimum Gasteiger partial charge on any atom is -0.462 e. The van der Waals surface area contributed by atoms with E-state index < -0.39 is 6.10 Å². The van der Waals surface area contributed by atoms with Crippen LogP contribution in [0.15, 0.2) is 146 Å². The van der Waals surface area contributed by atoms with Gasteiger partial charge in [-0.05, 0) is 122 Å². The summed E-state index contributed by atoms with van der Waals surface area (Å²) in [6.07, 6.45) is 82.7. The van der Waals surface area contributed by atoms with E-state index in [0.29, 0.717) is 19.3 Å². The molecule has 6 nitrogen and oxygen atoms in total. The van der Waals surface area contributed by atoms with Crippen LogP contribution >= 0.6 is 0 Å². The maximum Gasteiger partial charge on any atom is 0.306 e. The molecule has 0 saturated carbocycles. The Bertz CT molecular complexity index is 1590. The highest BCUT2D eigenvalue weighted by Gasteiger charge is 2.19. The number of rotatable bonds is 49. The van der Waals surface area contributed by atoms with E-state index >= 15 is 0 Å². The monoisotopic (exact) mass is 979 g/mol. The summed E-state index contributed by atoms with van der Waals surface area (Å²) in [5.74, 6) is -1.03. The fourth-order valence-electron chi connectivity index (χ4n) is 7.20. The smallest absolute Gasteiger partial charge is 0.306 e. The van der Waals surface area contributed by atoms with Crippen LogP contribution in [0, 0.1) is 0 Å². The van der Waals surface area contributed by atoms with Gasteiger partial charge in [0.2, 0.25) is 0 Å². The topological polar surface area (TPSA) is 78.9 Å². The van der Waals surface area contributed by atoms with Crippen molar-refractivity contribution in [3.05, 3.63) is 146 Å². The molecule has 1 unspecified atom stereocenters. The third-order valence-corrected chi connectivity index (χ3v) is 11.3. The maximum absolute atomic E-state index is 12.9. The number of hydrogen-bond acceptors (Lipinski definition) is 6. The summed E-state index contributed by atoms with van der Waals surface area (Å²) >= 11 is 0. The standard InChI is InChI=1S/C65H102O6/c1-4-7-10-13-16-19-22-25-28-31-32-35-37-40-43-46-49-52-55-58-64(67)70-61-62(71-65(68)59-56-53-50-47-44-41-38-34-30-27-24-21-18-15-12-9-6-3)60-69-63(66)57-54-51-48-45-42-39-36-33-29-26-23-20-17-14-11-8-5-2/h7-12,16-21,25-30,32,35,40,43,49,52,62H,4-6,13-15,22-24,31,33-34,36-39,41-42,44-48,50-51,53-61H2,1-3H3/b10-7-,11-8-,12-9-,19-16-,20-17-,21-18-,28-25-,29-26-,30-27-,35-32-,43-40-,52-49-. The van der Waals surface area contributed by atoms with Gasteiger partial charge in [-0.25, -0.2) is 0 Å². The minimum absolute atomic E-state index is 0.116. The van der Waals surface area contributed by atoms with Crippen LogP contribution in [0.5, 0.6) is 0 Å². The highest BCUT2D eigenvalue weighted by molar-refractivity contribution is 5.71. The highest BCUT2D eigenvalue weighted by Crippen LogP contribution is 2.14. The van der Waals surface area contributed by atoms with Crippen LogP contribution in [0.4, 0.5) is 0 Å². The van der Waals surface area contributed by atoms with Crippen LogP contribution in [-0.4, -0.2) is 37.2 Å². The van der Waals surface area contributed by atoms with Crippen LogP contribution in [-0.2, 0) is 28.6 Å². The quantitative estimate of drug-likeness (QED) is 0.0262. The van der Waals surface area contributed by atoms with E-state index in [2.05, 4.69) is 154 Å². The number of carbonyl (C=O) groups is 3. The molecule has 0 radical (unpaired) electrons. The maximum atomic E-state index is 12.9. The van der Waals surface area contributed by atoms with Crippen molar-refractivity contribution in [2.24, 2.45) is 0 Å². The van der Waals surface area contributed by atoms with Crippen molar-refractivity contribution in [3.8, 4) is 0 Å². The molecule has 0 rings (SSSR count). The number of unbranched alkanes of at least 4 members (excludes halogenated alkanes) is 14. The van der Waals surface area contributed by atoms with Crippen LogP contribution < -0.4 is 0 Å². The lowest BCUT2D eigenvalue weighted by molar-refractivity contribution is -0.166. The van der Waals surface area contributed by atoms with Gasteiger partial charge in [-0.1, -0.05) is 231 Å². The Balaban J connectivity index is 4.56. The number of ether oxygens (including phenoxy) is 3. The Morgan fingerprint density at radius 2 is 0.535 bits per heavy atom. The number of carbonyl (C=O) groups excluding carboxylic acids is 3. The first kappa shape index (κ1) is 66.3. The van der Waals surface area contributed by atoms with Crippen molar-refractivity contribution in [3.63, 3.8) is 0 Å². The molecule has 0 heterocycles. The fraction of sp³-hybridized carbons (Fsp3) is 0.585. The third-order valence-electron chi connectivity index (χ3n) is 11.3. The van der Waals surface area contributed by atoms with Crippen molar-refractivity contribution in [2.75, 3.05) is 13.2 Å². The normalized spacial score (nSPS) is 13.2. The molecule has 0 fully saturated rings. The molecule has 0 saturated heterocycles. The number of allylic oxidation sites excluding steroid dienone is 24. The zero-order valence-corrected chi connectivity index (χ0v) is 45.4. The Morgan fingerprint density at radius 3 is 0.873 bits per heavy atom. The van der Waals surface area contributed by atoms with Gasteiger partial charge in [-0.15, -0.1) is 0 Å². The predicted molar refractivity (Wildman–Crippen MR) is 306 cm³/mol. The van der Waals surface area contributed by atoms with Crippen molar-refractivity contribution in [1.29, 1.82) is 0 Å². The molecule has 398 valence electrons. The predicted octanol–water partition coefficient (Wildman–Crippen LogP) is 19.2. The lowest BCUT2D eigenvalue weighted by Gasteiger charge is -2.18. The van der Waals surface area contributed by atoms with Crippen LogP contribution in [0.3, 0.4) is 0 Å². The van der Waals surface area contributed by atoms with Gasteiger partial charge in [-0.2, -0.15) is 0 Å². The van der Waals surface area contributed by atoms with Gasteiger partial charge in [0.05, 0.1) is 0 Å². The molecule has 0 aromatic rings. The molecule has 6 heteroatoms. The number of hydrogen-bond donors (Lipinski definition) is 0. The van der Waals surface area contributed by atoms with Gasteiger partial charge in [0.15, 0.2) is 6.10 Å². The summed E-state index contributed by atoms with van der Waals surface area (Å²) in [5.41, 5.74) is 0. The average molecular weight is 980 g/mol. The Morgan fingerprint density at radius 1 is 0.282 bits per heavy atom. The molecule has 0 aromatic heterocycles. The molecular weight excluding hydrogens is 877 g/mol. The molecule has 0 aliphatic carbocycles. The van der Waals surface area contributed by atoms with Crippen molar-refractivity contribution < 1.29 is 28.6 Å². The van der Waals surface area contributed by atoms with E-state index in [9.17, 15) is 14.4 Å². The van der Waals surface area contributed by atoms with Gasteiger partial charge in [0, 0.05) is 19.3 Å². The second-order valence-corrected chi connectivity index (χ2v) is 18.0. The summed E-state index contributed by atoms with van der Waals surface area (Å²) in [4.78, 5) is 38.2. The number of esters is 3. The Labute approximate surface area is 436 Å². The van der Waals surface area contributed by atoms with Crippen LogP contribution in [0.25, 0.3) is 0 Å². The van der Waals surface area contributed by atoms with Crippen molar-refractivity contribution in [1.82, 2.24) is 0 Å². The summed E-state index contributed by atoms with van der Waals surface area (Å²) in [6.45, 7) is 6.21. The zero-order valence-electron chi connectivity index (χ0n) is 45.4. The van der Waals surface area contributed by atoms with E-state index in [0.717, 1.165) is 135 Å². The first-order valence-electron chi connectivity index (χ1n) is 28.3. The SMILES string of the molecule is CC/C=C\C/C=C\C/C=C\C/C=C\C/C=C\C/C=C\CCC(=O)OCC(COC(=O)CCCCCCCCC/C=C\C/C=C\C/C=C\CC)OC(=O)CCCCCCCCC/C=C\C/C=C\C/C=C\CC. The second-order valence-electron chi connectivity index (χ2n) is 18.0. The molecule has 0 spiro atoms. The van der Waals surface area contributed by atoms with E-state index in [1.807, 2.05) is 12.2 Å². The molecule has 1 atom stereocenters. The van der Waals surface area contributed by atoms with Gasteiger partial charge < -0.3 is 14.2 Å². The van der Waals surface area contributed by atoms with Gasteiger partial charge >= 0.3 is 17.9 Å². The molecule has 0 bridgehead atoms. The van der Waals surface area contributed by atoms with Crippen molar-refractivity contribution >= 4 is 17.9 Å². The molecule has 0 aliphatic rings. The fourth-order valence-corrected chi connectivity index (χ4v) is 7.20. The van der Waals surface area contributed by atoms with Crippen LogP contribution in [0.2, 0.25) is 0 Å². The molecule has 71 heavy (non-hydrogen) atoms. The Hall–Kier alpha value is -4.71. The summed E-state index contributed by atoms with van der Waals surface area (Å²) in [6, 6.07) is 0. The molecule has 0 aliphatic heterocycles. The minimum atomic E-state index is -0.825. The summed E-state index contributed by atoms with van der Waals surface area (Å²) in [7, 11) is 0. The first-order valence-corrected chi connectivity index (χ1v) is 28.3. The lowest BCUT2D eigenvalue weighted by atomic mass is 10.1. The largest absolute Gasteiger partial charge is 0.462 e.